The van der Waals surface area contributed by atoms with E-state index in [2.05, 4.69) is 5.32 Å². The molecule has 7 nitrogen and oxygen atoms in total. The highest BCUT2D eigenvalue weighted by molar-refractivity contribution is 7.89. The van der Waals surface area contributed by atoms with Gasteiger partial charge in [-0.3, -0.25) is 4.79 Å². The summed E-state index contributed by atoms with van der Waals surface area (Å²) in [4.78, 5) is 12.1. The number of sulfonamides is 1. The number of benzene rings is 2. The predicted octanol–water partition coefficient (Wildman–Crippen LogP) is 1.89. The number of carbonyl (C=O) groups excluding carboxylic acids is 1. The number of hydrogen-bond donors (Lipinski definition) is 2. The summed E-state index contributed by atoms with van der Waals surface area (Å²) in [6.07, 6.45) is -0.722. The average Bonchev–Trinajstić information content (AvgIpc) is 2.59. The topological polar surface area (TPSA) is 108 Å². The maximum Gasteiger partial charge on any atom is 0.253 e. The Bertz CT molecular complexity index is 834. The normalized spacial score (nSPS) is 12.4. The molecule has 2 aromatic carbocycles. The highest BCUT2D eigenvalue weighted by Crippen LogP contribution is 2.16. The fourth-order valence-corrected chi connectivity index (χ4v) is 2.57. The molecule has 1 unspecified atom stereocenters. The Morgan fingerprint density at radius 3 is 2.48 bits per heavy atom. The lowest BCUT2D eigenvalue weighted by molar-refractivity contribution is -0.127. The van der Waals surface area contributed by atoms with E-state index in [1.54, 1.807) is 20.1 Å². The lowest BCUT2D eigenvalue weighted by atomic mass is 10.2. The van der Waals surface area contributed by atoms with Crippen molar-refractivity contribution in [3.63, 3.8) is 0 Å². The molecule has 2 rings (SSSR count). The zero-order valence-corrected chi connectivity index (χ0v) is 14.7. The second-order valence-electron chi connectivity index (χ2n) is 5.36. The number of anilines is 1. The minimum Gasteiger partial charge on any atom is -0.497 e. The van der Waals surface area contributed by atoms with Crippen molar-refractivity contribution in [3.05, 3.63) is 54.1 Å². The average molecular weight is 364 g/mol. The molecule has 2 aromatic rings. The standard InChI is InChI=1S/C17H20N2O5S/c1-12(24-11-13-6-8-15(23-2)9-7-13)17(20)19-14-4-3-5-16(10-14)25(18,21)22/h3-10,12H,11H2,1-2H3,(H,19,20)(H2,18,21,22). The van der Waals surface area contributed by atoms with Crippen molar-refractivity contribution in [2.24, 2.45) is 5.14 Å². The highest BCUT2D eigenvalue weighted by atomic mass is 32.2. The summed E-state index contributed by atoms with van der Waals surface area (Å²) < 4.78 is 33.3. The molecule has 25 heavy (non-hydrogen) atoms. The molecule has 0 aliphatic rings. The monoisotopic (exact) mass is 364 g/mol. The summed E-state index contributed by atoms with van der Waals surface area (Å²) >= 11 is 0. The number of ether oxygens (including phenoxy) is 2. The van der Waals surface area contributed by atoms with E-state index in [1.165, 1.54) is 18.2 Å². The first kappa shape index (κ1) is 18.9. The Hall–Kier alpha value is -2.42. The number of nitrogens with two attached hydrogens (primary N) is 1. The lowest BCUT2D eigenvalue weighted by Gasteiger charge is -2.14. The number of carbonyl (C=O) groups is 1. The Balaban J connectivity index is 1.93. The number of hydrogen-bond acceptors (Lipinski definition) is 5. The first-order valence-corrected chi connectivity index (χ1v) is 9.02. The largest absolute Gasteiger partial charge is 0.497 e. The van der Waals surface area contributed by atoms with E-state index in [1.807, 2.05) is 24.3 Å². The van der Waals surface area contributed by atoms with E-state index >= 15 is 0 Å². The summed E-state index contributed by atoms with van der Waals surface area (Å²) in [6.45, 7) is 1.87. The van der Waals surface area contributed by atoms with Gasteiger partial charge < -0.3 is 14.8 Å². The molecule has 8 heteroatoms. The smallest absolute Gasteiger partial charge is 0.253 e. The second kappa shape index (κ2) is 8.11. The van der Waals surface area contributed by atoms with Crippen molar-refractivity contribution in [1.82, 2.24) is 0 Å². The van der Waals surface area contributed by atoms with Crippen LogP contribution in [0.2, 0.25) is 0 Å². The Kier molecular flexibility index (Phi) is 6.13. The Morgan fingerprint density at radius 1 is 1.20 bits per heavy atom. The fraction of sp³-hybridized carbons (Fsp3) is 0.235. The van der Waals surface area contributed by atoms with Gasteiger partial charge in [-0.15, -0.1) is 0 Å². The molecule has 1 atom stereocenters. The SMILES string of the molecule is COc1ccc(COC(C)C(=O)Nc2cccc(S(N)(=O)=O)c2)cc1. The van der Waals surface area contributed by atoms with Gasteiger partial charge in [0.1, 0.15) is 11.9 Å². The van der Waals surface area contributed by atoms with Gasteiger partial charge in [-0.1, -0.05) is 18.2 Å². The molecule has 0 heterocycles. The van der Waals surface area contributed by atoms with Gasteiger partial charge in [0.2, 0.25) is 10.0 Å². The van der Waals surface area contributed by atoms with E-state index in [4.69, 9.17) is 14.6 Å². The first-order chi connectivity index (χ1) is 11.8. The summed E-state index contributed by atoms with van der Waals surface area (Å²) in [7, 11) is -2.24. The molecule has 0 aliphatic carbocycles. The fourth-order valence-electron chi connectivity index (χ4n) is 2.01. The van der Waals surface area contributed by atoms with Gasteiger partial charge in [-0.25, -0.2) is 13.6 Å². The van der Waals surface area contributed by atoms with E-state index in [0.717, 1.165) is 11.3 Å². The van der Waals surface area contributed by atoms with Gasteiger partial charge in [-0.2, -0.15) is 0 Å². The third kappa shape index (κ3) is 5.56. The molecular weight excluding hydrogens is 344 g/mol. The van der Waals surface area contributed by atoms with Crippen molar-refractivity contribution >= 4 is 21.6 Å². The van der Waals surface area contributed by atoms with Crippen LogP contribution >= 0.6 is 0 Å². The van der Waals surface area contributed by atoms with Crippen molar-refractivity contribution in [1.29, 1.82) is 0 Å². The minimum atomic E-state index is -3.83. The third-order valence-corrected chi connectivity index (χ3v) is 4.37. The molecule has 0 aliphatic heterocycles. The van der Waals surface area contributed by atoms with Crippen LogP contribution in [0.5, 0.6) is 5.75 Å². The van der Waals surface area contributed by atoms with Crippen molar-refractivity contribution < 1.29 is 22.7 Å². The van der Waals surface area contributed by atoms with Crippen LogP contribution in [-0.2, 0) is 26.2 Å². The number of primary sulfonamides is 1. The second-order valence-corrected chi connectivity index (χ2v) is 6.92. The van der Waals surface area contributed by atoms with E-state index in [-0.39, 0.29) is 17.4 Å². The number of amides is 1. The molecule has 134 valence electrons. The maximum absolute atomic E-state index is 12.2. The van der Waals surface area contributed by atoms with Crippen molar-refractivity contribution in [2.45, 2.75) is 24.5 Å². The van der Waals surface area contributed by atoms with Crippen LogP contribution < -0.4 is 15.2 Å². The van der Waals surface area contributed by atoms with Crippen LogP contribution in [0.1, 0.15) is 12.5 Å². The molecule has 3 N–H and O–H groups in total. The van der Waals surface area contributed by atoms with Gasteiger partial charge in [0.25, 0.3) is 5.91 Å². The van der Waals surface area contributed by atoms with Gasteiger partial charge in [-0.05, 0) is 42.8 Å². The Morgan fingerprint density at radius 2 is 1.88 bits per heavy atom. The van der Waals surface area contributed by atoms with E-state index in [0.29, 0.717) is 5.69 Å². The molecule has 0 saturated heterocycles. The third-order valence-electron chi connectivity index (χ3n) is 3.46. The van der Waals surface area contributed by atoms with Crippen LogP contribution in [0.15, 0.2) is 53.4 Å². The maximum atomic E-state index is 12.2. The summed E-state index contributed by atoms with van der Waals surface area (Å²) in [5, 5.41) is 7.68. The zero-order valence-electron chi connectivity index (χ0n) is 13.9. The van der Waals surface area contributed by atoms with Crippen LogP contribution in [0.4, 0.5) is 5.69 Å². The summed E-state index contributed by atoms with van der Waals surface area (Å²) in [5.74, 6) is 0.351. The Labute approximate surface area is 146 Å². The molecule has 0 bridgehead atoms. The van der Waals surface area contributed by atoms with Crippen molar-refractivity contribution in [2.75, 3.05) is 12.4 Å². The van der Waals surface area contributed by atoms with Crippen LogP contribution in [-0.4, -0.2) is 27.5 Å². The van der Waals surface area contributed by atoms with Crippen LogP contribution in [0.25, 0.3) is 0 Å². The summed E-state index contributed by atoms with van der Waals surface area (Å²) in [5.41, 5.74) is 1.23. The molecule has 1 amide bonds. The number of methoxy groups -OCH3 is 1. The molecule has 0 fully saturated rings. The van der Waals surface area contributed by atoms with Gasteiger partial charge in [0, 0.05) is 5.69 Å². The number of rotatable bonds is 7. The number of nitrogens with one attached hydrogen (secondary N) is 1. The molecule has 0 aromatic heterocycles. The minimum absolute atomic E-state index is 0.0721. The first-order valence-electron chi connectivity index (χ1n) is 7.48. The van der Waals surface area contributed by atoms with Gasteiger partial charge in [0.15, 0.2) is 0 Å². The molecule has 0 radical (unpaired) electrons. The zero-order chi connectivity index (χ0) is 18.4. The lowest BCUT2D eigenvalue weighted by Crippen LogP contribution is -2.27. The molecular formula is C17H20N2O5S. The molecule has 0 saturated carbocycles. The van der Waals surface area contributed by atoms with E-state index in [9.17, 15) is 13.2 Å². The quantitative estimate of drug-likeness (QED) is 0.780. The molecule has 0 spiro atoms. The van der Waals surface area contributed by atoms with Gasteiger partial charge in [0.05, 0.1) is 18.6 Å². The predicted molar refractivity (Wildman–Crippen MR) is 93.7 cm³/mol. The van der Waals surface area contributed by atoms with Crippen molar-refractivity contribution in [3.8, 4) is 5.75 Å². The van der Waals surface area contributed by atoms with Gasteiger partial charge >= 0.3 is 0 Å². The highest BCUT2D eigenvalue weighted by Gasteiger charge is 2.15. The van der Waals surface area contributed by atoms with Crippen LogP contribution in [0, 0.1) is 0 Å². The summed E-state index contributed by atoms with van der Waals surface area (Å²) in [6, 6.07) is 13.0. The van der Waals surface area contributed by atoms with Crippen LogP contribution in [0.3, 0.4) is 0 Å². The van der Waals surface area contributed by atoms with E-state index < -0.39 is 16.1 Å².